The van der Waals surface area contributed by atoms with Crippen molar-refractivity contribution in [3.8, 4) is 5.75 Å². The summed E-state index contributed by atoms with van der Waals surface area (Å²) in [7, 11) is 1.67. The van der Waals surface area contributed by atoms with Crippen molar-refractivity contribution in [2.45, 2.75) is 19.8 Å². The van der Waals surface area contributed by atoms with Crippen molar-refractivity contribution in [2.24, 2.45) is 0 Å². The number of hydrogen-bond donors (Lipinski definition) is 2. The van der Waals surface area contributed by atoms with Gasteiger partial charge in [0, 0.05) is 18.4 Å². The average molecular weight is 348 g/mol. The molecule has 0 saturated carbocycles. The maximum Gasteiger partial charge on any atom is 0.224 e. The van der Waals surface area contributed by atoms with Gasteiger partial charge in [-0.15, -0.1) is 0 Å². The molecule has 5 nitrogen and oxygen atoms in total. The van der Waals surface area contributed by atoms with Crippen LogP contribution in [-0.4, -0.2) is 23.6 Å². The van der Waals surface area contributed by atoms with Gasteiger partial charge in [-0.2, -0.15) is 4.98 Å². The van der Waals surface area contributed by atoms with E-state index in [0.29, 0.717) is 5.95 Å². The first-order valence-electron chi connectivity index (χ1n) is 8.83. The molecule has 0 unspecified atom stereocenters. The van der Waals surface area contributed by atoms with Crippen molar-refractivity contribution < 1.29 is 4.74 Å². The van der Waals surface area contributed by atoms with Crippen molar-refractivity contribution >= 4 is 17.5 Å². The van der Waals surface area contributed by atoms with E-state index in [9.17, 15) is 0 Å². The number of rotatable bonds is 8. The second-order valence-electron chi connectivity index (χ2n) is 5.93. The van der Waals surface area contributed by atoms with Crippen LogP contribution < -0.4 is 15.4 Å². The zero-order valence-electron chi connectivity index (χ0n) is 15.2. The summed E-state index contributed by atoms with van der Waals surface area (Å²) in [6, 6.07) is 18.2. The third-order valence-electron chi connectivity index (χ3n) is 4.17. The van der Waals surface area contributed by atoms with Gasteiger partial charge >= 0.3 is 0 Å². The average Bonchev–Trinajstić information content (AvgIpc) is 2.69. The van der Waals surface area contributed by atoms with Crippen LogP contribution in [0.1, 0.15) is 18.1 Å². The third kappa shape index (κ3) is 4.72. The van der Waals surface area contributed by atoms with Gasteiger partial charge in [-0.3, -0.25) is 0 Å². The molecule has 1 aromatic heterocycles. The number of para-hydroxylation sites is 1. The molecule has 0 amide bonds. The summed E-state index contributed by atoms with van der Waals surface area (Å²) in [6.07, 6.45) is 3.63. The van der Waals surface area contributed by atoms with Gasteiger partial charge in [-0.25, -0.2) is 4.98 Å². The number of benzene rings is 2. The Morgan fingerprint density at radius 3 is 2.58 bits per heavy atom. The summed E-state index contributed by atoms with van der Waals surface area (Å²) in [5.74, 6) is 2.28. The van der Waals surface area contributed by atoms with Crippen molar-refractivity contribution in [3.05, 3.63) is 71.9 Å². The van der Waals surface area contributed by atoms with Crippen molar-refractivity contribution in [2.75, 3.05) is 24.3 Å². The molecule has 1 heterocycles. The largest absolute Gasteiger partial charge is 0.497 e. The lowest BCUT2D eigenvalue weighted by atomic mass is 10.1. The van der Waals surface area contributed by atoms with Gasteiger partial charge in [0.05, 0.1) is 7.11 Å². The number of ether oxygens (including phenoxy) is 1. The highest BCUT2D eigenvalue weighted by molar-refractivity contribution is 5.61. The second-order valence-corrected chi connectivity index (χ2v) is 5.93. The van der Waals surface area contributed by atoms with Crippen LogP contribution in [0.3, 0.4) is 0 Å². The Bertz CT molecular complexity index is 833. The second kappa shape index (κ2) is 8.85. The molecule has 26 heavy (non-hydrogen) atoms. The minimum absolute atomic E-state index is 0.623. The Hall–Kier alpha value is -3.08. The molecule has 2 N–H and O–H groups in total. The number of anilines is 3. The van der Waals surface area contributed by atoms with Crippen LogP contribution >= 0.6 is 0 Å². The molecule has 0 saturated heterocycles. The minimum atomic E-state index is 0.623. The number of nitrogens with one attached hydrogen (secondary N) is 2. The molecule has 0 radical (unpaired) electrons. The van der Waals surface area contributed by atoms with E-state index in [2.05, 4.69) is 57.9 Å². The van der Waals surface area contributed by atoms with Crippen LogP contribution in [0.2, 0.25) is 0 Å². The van der Waals surface area contributed by atoms with Crippen molar-refractivity contribution in [3.63, 3.8) is 0 Å². The molecule has 0 spiro atoms. The first-order chi connectivity index (χ1) is 12.8. The van der Waals surface area contributed by atoms with Crippen LogP contribution in [-0.2, 0) is 12.8 Å². The minimum Gasteiger partial charge on any atom is -0.497 e. The number of hydrogen-bond acceptors (Lipinski definition) is 5. The first-order valence-corrected chi connectivity index (χ1v) is 8.83. The van der Waals surface area contributed by atoms with Gasteiger partial charge in [-0.1, -0.05) is 37.3 Å². The highest BCUT2D eigenvalue weighted by atomic mass is 16.5. The lowest BCUT2D eigenvalue weighted by Crippen LogP contribution is -2.09. The van der Waals surface area contributed by atoms with E-state index in [0.717, 1.165) is 36.6 Å². The van der Waals surface area contributed by atoms with Gasteiger partial charge in [0.2, 0.25) is 5.95 Å². The highest BCUT2D eigenvalue weighted by Gasteiger charge is 2.03. The Morgan fingerprint density at radius 2 is 1.81 bits per heavy atom. The molecule has 0 bridgehead atoms. The fraction of sp³-hybridized carbons (Fsp3) is 0.238. The summed E-state index contributed by atoms with van der Waals surface area (Å²) in [5, 5.41) is 6.66. The SMILES string of the molecule is CCc1ccccc1Nc1ccnc(NCCc2ccc(OC)cc2)n1. The molecule has 0 fully saturated rings. The molecule has 5 heteroatoms. The Balaban J connectivity index is 1.58. The van der Waals surface area contributed by atoms with Crippen LogP contribution in [0.15, 0.2) is 60.8 Å². The van der Waals surface area contributed by atoms with E-state index in [1.807, 2.05) is 24.3 Å². The summed E-state index contributed by atoms with van der Waals surface area (Å²) < 4.78 is 5.18. The van der Waals surface area contributed by atoms with E-state index in [4.69, 9.17) is 4.74 Å². The van der Waals surface area contributed by atoms with Gasteiger partial charge in [0.15, 0.2) is 0 Å². The van der Waals surface area contributed by atoms with Gasteiger partial charge in [-0.05, 0) is 48.2 Å². The number of nitrogens with zero attached hydrogens (tertiary/aromatic N) is 2. The summed E-state index contributed by atoms with van der Waals surface area (Å²) >= 11 is 0. The smallest absolute Gasteiger partial charge is 0.224 e. The molecule has 0 aliphatic carbocycles. The monoisotopic (exact) mass is 348 g/mol. The Labute approximate surface area is 154 Å². The molecule has 3 aromatic rings. The van der Waals surface area contributed by atoms with E-state index in [1.54, 1.807) is 13.3 Å². The van der Waals surface area contributed by atoms with E-state index in [-0.39, 0.29) is 0 Å². The van der Waals surface area contributed by atoms with Crippen molar-refractivity contribution in [1.82, 2.24) is 9.97 Å². The standard InChI is InChI=1S/C21H24N4O/c1-3-17-6-4-5-7-19(17)24-20-13-15-23-21(25-20)22-14-12-16-8-10-18(26-2)11-9-16/h4-11,13,15H,3,12,14H2,1-2H3,(H2,22,23,24,25). The molecular formula is C21H24N4O. The van der Waals surface area contributed by atoms with Crippen LogP contribution in [0.25, 0.3) is 0 Å². The summed E-state index contributed by atoms with van der Waals surface area (Å²) in [6.45, 7) is 2.91. The quantitative estimate of drug-likeness (QED) is 0.630. The molecule has 134 valence electrons. The normalized spacial score (nSPS) is 10.4. The van der Waals surface area contributed by atoms with Crippen molar-refractivity contribution in [1.29, 1.82) is 0 Å². The number of methoxy groups -OCH3 is 1. The van der Waals surface area contributed by atoms with Crippen LogP contribution in [0.5, 0.6) is 5.75 Å². The molecule has 3 rings (SSSR count). The molecule has 2 aromatic carbocycles. The van der Waals surface area contributed by atoms with Crippen LogP contribution in [0, 0.1) is 0 Å². The Kier molecular flexibility index (Phi) is 6.04. The number of aryl methyl sites for hydroxylation is 1. The van der Waals surface area contributed by atoms with E-state index >= 15 is 0 Å². The third-order valence-corrected chi connectivity index (χ3v) is 4.17. The topological polar surface area (TPSA) is 59.1 Å². The zero-order valence-corrected chi connectivity index (χ0v) is 15.2. The zero-order chi connectivity index (χ0) is 18.2. The molecule has 0 aliphatic heterocycles. The number of aromatic nitrogens is 2. The lowest BCUT2D eigenvalue weighted by Gasteiger charge is -2.11. The fourth-order valence-corrected chi connectivity index (χ4v) is 2.71. The predicted octanol–water partition coefficient (Wildman–Crippen LogP) is 4.45. The first kappa shape index (κ1) is 17.7. The molecule has 0 aliphatic rings. The Morgan fingerprint density at radius 1 is 1.00 bits per heavy atom. The highest BCUT2D eigenvalue weighted by Crippen LogP contribution is 2.20. The summed E-state index contributed by atoms with van der Waals surface area (Å²) in [4.78, 5) is 8.85. The van der Waals surface area contributed by atoms with E-state index < -0.39 is 0 Å². The fourth-order valence-electron chi connectivity index (χ4n) is 2.71. The predicted molar refractivity (Wildman–Crippen MR) is 106 cm³/mol. The maximum absolute atomic E-state index is 5.18. The molecule has 0 atom stereocenters. The summed E-state index contributed by atoms with van der Waals surface area (Å²) in [5.41, 5.74) is 3.59. The van der Waals surface area contributed by atoms with Gasteiger partial charge < -0.3 is 15.4 Å². The molecular weight excluding hydrogens is 324 g/mol. The maximum atomic E-state index is 5.18. The lowest BCUT2D eigenvalue weighted by molar-refractivity contribution is 0.414. The van der Waals surface area contributed by atoms with Gasteiger partial charge in [0.1, 0.15) is 11.6 Å². The van der Waals surface area contributed by atoms with Gasteiger partial charge in [0.25, 0.3) is 0 Å². The van der Waals surface area contributed by atoms with E-state index in [1.165, 1.54) is 11.1 Å². The van der Waals surface area contributed by atoms with Crippen LogP contribution in [0.4, 0.5) is 17.5 Å².